The monoisotopic (exact) mass is 389 g/mol. The number of rotatable bonds is 8. The predicted octanol–water partition coefficient (Wildman–Crippen LogP) is 3.30. The number of nitrogens with one attached hydrogen (secondary N) is 1. The molecule has 0 bridgehead atoms. The van der Waals surface area contributed by atoms with Gasteiger partial charge in [-0.2, -0.15) is 0 Å². The van der Waals surface area contributed by atoms with Gasteiger partial charge in [-0.3, -0.25) is 9.59 Å². The molecule has 5 heteroatoms. The van der Waals surface area contributed by atoms with Gasteiger partial charge in [0.25, 0.3) is 5.91 Å². The van der Waals surface area contributed by atoms with Gasteiger partial charge in [0, 0.05) is 16.5 Å². The lowest BCUT2D eigenvalue weighted by Crippen LogP contribution is -2.26. The second-order valence-electron chi connectivity index (χ2n) is 4.73. The second-order valence-corrected chi connectivity index (χ2v) is 5.89. The molecule has 110 valence electrons. The van der Waals surface area contributed by atoms with Crippen LogP contribution in [0.4, 0.5) is 0 Å². The Hall–Kier alpha value is -1.11. The lowest BCUT2D eigenvalue weighted by atomic mass is 9.96. The Balaban J connectivity index is 2.37. The molecule has 20 heavy (non-hydrogen) atoms. The van der Waals surface area contributed by atoms with Crippen molar-refractivity contribution in [3.05, 3.63) is 33.4 Å². The van der Waals surface area contributed by atoms with Crippen LogP contribution in [0.2, 0.25) is 0 Å². The van der Waals surface area contributed by atoms with Crippen molar-refractivity contribution in [3.8, 4) is 0 Å². The van der Waals surface area contributed by atoms with Gasteiger partial charge in [-0.1, -0.05) is 25.5 Å². The molecule has 2 N–H and O–H groups in total. The molecule has 0 heterocycles. The third kappa shape index (κ3) is 5.90. The van der Waals surface area contributed by atoms with E-state index in [-0.39, 0.29) is 12.3 Å². The molecule has 1 rings (SSSR count). The van der Waals surface area contributed by atoms with Gasteiger partial charge in [-0.25, -0.2) is 0 Å². The highest BCUT2D eigenvalue weighted by Gasteiger charge is 2.11. The van der Waals surface area contributed by atoms with E-state index in [0.717, 1.165) is 16.4 Å². The normalized spacial score (nSPS) is 11.9. The fourth-order valence-corrected chi connectivity index (χ4v) is 2.64. The van der Waals surface area contributed by atoms with Crippen molar-refractivity contribution in [2.45, 2.75) is 32.6 Å². The molecule has 0 radical (unpaired) electrons. The Morgan fingerprint density at radius 2 is 2.00 bits per heavy atom. The number of hydrogen-bond donors (Lipinski definition) is 2. The molecule has 1 aromatic carbocycles. The van der Waals surface area contributed by atoms with Crippen molar-refractivity contribution in [2.24, 2.45) is 5.92 Å². The Labute approximate surface area is 133 Å². The molecule has 0 aliphatic carbocycles. The Morgan fingerprint density at radius 3 is 2.60 bits per heavy atom. The average Bonchev–Trinajstić information content (AvgIpc) is 2.42. The maximum absolute atomic E-state index is 12.0. The van der Waals surface area contributed by atoms with Gasteiger partial charge in [-0.05, 0) is 53.5 Å². The summed E-state index contributed by atoms with van der Waals surface area (Å²) in [6.45, 7) is 2.64. The first-order chi connectivity index (χ1) is 9.54. The molecule has 1 unspecified atom stereocenters. The van der Waals surface area contributed by atoms with Crippen molar-refractivity contribution in [2.75, 3.05) is 6.54 Å². The molecule has 1 aromatic rings. The van der Waals surface area contributed by atoms with Crippen molar-refractivity contribution >= 4 is 34.5 Å². The molecule has 0 saturated heterocycles. The zero-order valence-corrected chi connectivity index (χ0v) is 13.7. The van der Waals surface area contributed by atoms with Crippen LogP contribution in [0.1, 0.15) is 43.0 Å². The summed E-state index contributed by atoms with van der Waals surface area (Å²) in [7, 11) is 0. The molecule has 0 aromatic heterocycles. The summed E-state index contributed by atoms with van der Waals surface area (Å²) < 4.78 is 0.931. The van der Waals surface area contributed by atoms with E-state index >= 15 is 0 Å². The van der Waals surface area contributed by atoms with Crippen LogP contribution in [0.25, 0.3) is 0 Å². The maximum Gasteiger partial charge on any atom is 0.303 e. The van der Waals surface area contributed by atoms with Crippen LogP contribution in [0, 0.1) is 9.49 Å². The van der Waals surface area contributed by atoms with Gasteiger partial charge in [0.15, 0.2) is 0 Å². The summed E-state index contributed by atoms with van der Waals surface area (Å²) >= 11 is 2.14. The number of amides is 1. The molecule has 4 nitrogen and oxygen atoms in total. The lowest BCUT2D eigenvalue weighted by molar-refractivity contribution is -0.137. The summed E-state index contributed by atoms with van der Waals surface area (Å²) in [6.07, 6.45) is 2.62. The number of carbonyl (C=O) groups excluding carboxylic acids is 1. The Morgan fingerprint density at radius 1 is 1.30 bits per heavy atom. The molecule has 0 aliphatic rings. The fourth-order valence-electron chi connectivity index (χ4n) is 2.01. The number of carboxylic acid groups (broad SMARTS) is 1. The van der Waals surface area contributed by atoms with Gasteiger partial charge >= 0.3 is 5.97 Å². The van der Waals surface area contributed by atoms with E-state index in [1.165, 1.54) is 0 Å². The van der Waals surface area contributed by atoms with E-state index < -0.39 is 5.97 Å². The van der Waals surface area contributed by atoms with Gasteiger partial charge in [0.05, 0.1) is 5.56 Å². The van der Waals surface area contributed by atoms with Crippen LogP contribution in [-0.2, 0) is 4.79 Å². The minimum Gasteiger partial charge on any atom is -0.481 e. The highest BCUT2D eigenvalue weighted by atomic mass is 127. The minimum absolute atomic E-state index is 0.0666. The van der Waals surface area contributed by atoms with Crippen molar-refractivity contribution < 1.29 is 14.7 Å². The zero-order valence-electron chi connectivity index (χ0n) is 11.6. The van der Waals surface area contributed by atoms with Crippen molar-refractivity contribution in [1.82, 2.24) is 5.32 Å². The van der Waals surface area contributed by atoms with Gasteiger partial charge in [-0.15, -0.1) is 0 Å². The summed E-state index contributed by atoms with van der Waals surface area (Å²) in [5, 5.41) is 11.6. The second kappa shape index (κ2) is 8.94. The zero-order chi connectivity index (χ0) is 15.0. The summed E-state index contributed by atoms with van der Waals surface area (Å²) in [5.41, 5.74) is 0.687. The average molecular weight is 389 g/mol. The first kappa shape index (κ1) is 16.9. The molecule has 1 atom stereocenters. The highest BCUT2D eigenvalue weighted by Crippen LogP contribution is 2.15. The number of halogens is 1. The minimum atomic E-state index is -0.758. The summed E-state index contributed by atoms with van der Waals surface area (Å²) in [5.74, 6) is -0.476. The van der Waals surface area contributed by atoms with Gasteiger partial charge < -0.3 is 10.4 Å². The summed E-state index contributed by atoms with van der Waals surface area (Å²) in [6, 6.07) is 7.45. The van der Waals surface area contributed by atoms with Crippen LogP contribution >= 0.6 is 22.6 Å². The van der Waals surface area contributed by atoms with Crippen LogP contribution in [0.3, 0.4) is 0 Å². The Kier molecular flexibility index (Phi) is 7.58. The van der Waals surface area contributed by atoms with E-state index in [2.05, 4.69) is 34.8 Å². The molecular weight excluding hydrogens is 369 g/mol. The summed E-state index contributed by atoms with van der Waals surface area (Å²) in [4.78, 5) is 22.5. The van der Waals surface area contributed by atoms with E-state index in [4.69, 9.17) is 5.11 Å². The third-order valence-electron chi connectivity index (χ3n) is 3.30. The molecule has 0 spiro atoms. The molecular formula is C15H20INO3. The van der Waals surface area contributed by atoms with Crippen molar-refractivity contribution in [1.29, 1.82) is 0 Å². The van der Waals surface area contributed by atoms with Crippen LogP contribution in [-0.4, -0.2) is 23.5 Å². The Bertz CT molecular complexity index is 462. The van der Waals surface area contributed by atoms with E-state index in [9.17, 15) is 9.59 Å². The standard InChI is InChI=1S/C15H20INO3/c1-2-11(7-8-14(18)19)9-10-17-15(20)12-5-3-4-6-13(12)16/h3-6,11H,2,7-10H2,1H3,(H,17,20)(H,18,19). The quantitative estimate of drug-likeness (QED) is 0.671. The van der Waals surface area contributed by atoms with E-state index in [0.29, 0.717) is 24.4 Å². The predicted molar refractivity (Wildman–Crippen MR) is 86.8 cm³/mol. The molecule has 1 amide bonds. The number of hydrogen-bond acceptors (Lipinski definition) is 2. The number of benzene rings is 1. The van der Waals surface area contributed by atoms with Crippen LogP contribution < -0.4 is 5.32 Å². The van der Waals surface area contributed by atoms with Crippen LogP contribution in [0.5, 0.6) is 0 Å². The van der Waals surface area contributed by atoms with Crippen molar-refractivity contribution in [3.63, 3.8) is 0 Å². The SMILES string of the molecule is CCC(CCNC(=O)c1ccccc1I)CCC(=O)O. The lowest BCUT2D eigenvalue weighted by Gasteiger charge is -2.14. The third-order valence-corrected chi connectivity index (χ3v) is 4.24. The highest BCUT2D eigenvalue weighted by molar-refractivity contribution is 14.1. The van der Waals surface area contributed by atoms with E-state index in [1.54, 1.807) is 6.07 Å². The number of aliphatic carboxylic acids is 1. The smallest absolute Gasteiger partial charge is 0.303 e. The fraction of sp³-hybridized carbons (Fsp3) is 0.467. The molecule has 0 fully saturated rings. The maximum atomic E-state index is 12.0. The first-order valence-corrected chi connectivity index (χ1v) is 7.87. The first-order valence-electron chi connectivity index (χ1n) is 6.79. The van der Waals surface area contributed by atoms with Gasteiger partial charge in [0.1, 0.15) is 0 Å². The largest absolute Gasteiger partial charge is 0.481 e. The molecule has 0 aliphatic heterocycles. The number of carboxylic acids is 1. The van der Waals surface area contributed by atoms with Gasteiger partial charge in [0.2, 0.25) is 0 Å². The number of carbonyl (C=O) groups is 2. The van der Waals surface area contributed by atoms with Crippen LogP contribution in [0.15, 0.2) is 24.3 Å². The van der Waals surface area contributed by atoms with E-state index in [1.807, 2.05) is 18.2 Å². The molecule has 0 saturated carbocycles. The topological polar surface area (TPSA) is 66.4 Å².